The third-order valence-electron chi connectivity index (χ3n) is 6.09. The van der Waals surface area contributed by atoms with E-state index in [0.717, 1.165) is 24.3 Å². The van der Waals surface area contributed by atoms with Gasteiger partial charge in [0.15, 0.2) is 5.78 Å². The first-order valence-electron chi connectivity index (χ1n) is 11.8. The molecule has 4 aromatic carbocycles. The largest absolute Gasteiger partial charge is 0.457 e. The van der Waals surface area contributed by atoms with Crippen LogP contribution < -0.4 is 9.47 Å². The third kappa shape index (κ3) is 5.37. The maximum absolute atomic E-state index is 12.9. The molecule has 172 valence electrons. The zero-order chi connectivity index (χ0) is 24.1. The lowest BCUT2D eigenvalue weighted by atomic mass is 10.0. The Morgan fingerprint density at radius 1 is 0.559 bits per heavy atom. The summed E-state index contributed by atoms with van der Waals surface area (Å²) in [5, 5.41) is 0. The average Bonchev–Trinajstić information content (AvgIpc) is 2.85. The summed E-state index contributed by atoms with van der Waals surface area (Å²) in [6, 6.07) is 26.7. The first kappa shape index (κ1) is 23.3. The highest BCUT2D eigenvalue weighted by molar-refractivity contribution is 6.09. The monoisotopic (exact) mass is 450 g/mol. The van der Waals surface area contributed by atoms with Gasteiger partial charge >= 0.3 is 0 Å². The van der Waals surface area contributed by atoms with Crippen molar-refractivity contribution in [2.75, 3.05) is 0 Å². The Balaban J connectivity index is 1.41. The van der Waals surface area contributed by atoms with Crippen LogP contribution in [0.1, 0.15) is 52.0 Å². The van der Waals surface area contributed by atoms with Gasteiger partial charge in [-0.25, -0.2) is 0 Å². The van der Waals surface area contributed by atoms with Gasteiger partial charge in [-0.1, -0.05) is 26.0 Å². The van der Waals surface area contributed by atoms with Crippen molar-refractivity contribution >= 4 is 5.78 Å². The number of aryl methyl sites for hydroxylation is 4. The fraction of sp³-hybridized carbons (Fsp3) is 0.194. The summed E-state index contributed by atoms with van der Waals surface area (Å²) in [5.41, 5.74) is 6.29. The van der Waals surface area contributed by atoms with Crippen molar-refractivity contribution < 1.29 is 14.3 Å². The Labute approximate surface area is 202 Å². The van der Waals surface area contributed by atoms with Gasteiger partial charge in [0.1, 0.15) is 23.0 Å². The van der Waals surface area contributed by atoms with Crippen molar-refractivity contribution in [3.05, 3.63) is 118 Å². The normalized spacial score (nSPS) is 10.7. The minimum absolute atomic E-state index is 0.0376. The smallest absolute Gasteiger partial charge is 0.193 e. The molecule has 0 aliphatic carbocycles. The molecule has 3 heteroatoms. The number of rotatable bonds is 8. The number of benzene rings is 4. The second kappa shape index (κ2) is 10.4. The van der Waals surface area contributed by atoms with Crippen LogP contribution in [-0.4, -0.2) is 5.78 Å². The molecule has 0 bridgehead atoms. The van der Waals surface area contributed by atoms with Crippen LogP contribution in [0.4, 0.5) is 0 Å². The number of ketones is 1. The highest BCUT2D eigenvalue weighted by Crippen LogP contribution is 2.27. The molecule has 0 aliphatic heterocycles. The fourth-order valence-corrected chi connectivity index (χ4v) is 4.04. The quantitative estimate of drug-likeness (QED) is 0.254. The Bertz CT molecular complexity index is 1180. The topological polar surface area (TPSA) is 35.5 Å². The number of hydrogen-bond donors (Lipinski definition) is 0. The summed E-state index contributed by atoms with van der Waals surface area (Å²) in [6.07, 6.45) is 2.00. The molecule has 0 heterocycles. The molecule has 0 N–H and O–H groups in total. The SMILES string of the molecule is CCc1ccc(Oc2ccc(C(=O)c3ccc(Oc4ccc(CC)c(C)c4)cc3)cc2)cc1C. The summed E-state index contributed by atoms with van der Waals surface area (Å²) in [4.78, 5) is 12.9. The molecule has 0 radical (unpaired) electrons. The van der Waals surface area contributed by atoms with Gasteiger partial charge in [0, 0.05) is 11.1 Å². The standard InChI is InChI=1S/C31H30O3/c1-5-23-7-17-29(19-21(23)3)33-27-13-9-25(10-14-27)31(32)26-11-15-28(16-12-26)34-30-18-8-24(6-2)22(4)20-30/h7-20H,5-6H2,1-4H3. The number of carbonyl (C=O) groups is 1. The van der Waals surface area contributed by atoms with E-state index < -0.39 is 0 Å². The fourth-order valence-electron chi connectivity index (χ4n) is 4.04. The molecule has 0 spiro atoms. The van der Waals surface area contributed by atoms with Crippen molar-refractivity contribution in [2.45, 2.75) is 40.5 Å². The van der Waals surface area contributed by atoms with E-state index >= 15 is 0 Å². The van der Waals surface area contributed by atoms with Crippen LogP contribution in [-0.2, 0) is 12.8 Å². The van der Waals surface area contributed by atoms with Crippen LogP contribution in [0.25, 0.3) is 0 Å². The van der Waals surface area contributed by atoms with Gasteiger partial charge in [-0.15, -0.1) is 0 Å². The molecule has 34 heavy (non-hydrogen) atoms. The van der Waals surface area contributed by atoms with Crippen molar-refractivity contribution in [1.82, 2.24) is 0 Å². The van der Waals surface area contributed by atoms with Crippen LogP contribution >= 0.6 is 0 Å². The predicted octanol–water partition coefficient (Wildman–Crippen LogP) is 8.24. The van der Waals surface area contributed by atoms with Crippen LogP contribution in [0, 0.1) is 13.8 Å². The van der Waals surface area contributed by atoms with Gasteiger partial charge in [0.05, 0.1) is 0 Å². The Kier molecular flexibility index (Phi) is 7.12. The lowest BCUT2D eigenvalue weighted by Gasteiger charge is -2.10. The summed E-state index contributed by atoms with van der Waals surface area (Å²) >= 11 is 0. The second-order valence-electron chi connectivity index (χ2n) is 8.47. The summed E-state index contributed by atoms with van der Waals surface area (Å²) < 4.78 is 11.9. The molecule has 4 aromatic rings. The lowest BCUT2D eigenvalue weighted by molar-refractivity contribution is 0.103. The van der Waals surface area contributed by atoms with E-state index in [1.165, 1.54) is 22.3 Å². The molecule has 0 fully saturated rings. The molecule has 0 aromatic heterocycles. The maximum atomic E-state index is 12.9. The van der Waals surface area contributed by atoms with Crippen molar-refractivity contribution in [1.29, 1.82) is 0 Å². The van der Waals surface area contributed by atoms with Gasteiger partial charge in [-0.3, -0.25) is 4.79 Å². The average molecular weight is 451 g/mol. The number of ether oxygens (including phenoxy) is 2. The first-order valence-corrected chi connectivity index (χ1v) is 11.8. The summed E-state index contributed by atoms with van der Waals surface area (Å²) in [5.74, 6) is 2.96. The van der Waals surface area contributed by atoms with Gasteiger partial charge in [-0.2, -0.15) is 0 Å². The van der Waals surface area contributed by atoms with E-state index in [-0.39, 0.29) is 5.78 Å². The molecule has 0 amide bonds. The van der Waals surface area contributed by atoms with Crippen LogP contribution in [0.5, 0.6) is 23.0 Å². The van der Waals surface area contributed by atoms with Crippen molar-refractivity contribution in [3.8, 4) is 23.0 Å². The minimum atomic E-state index is -0.0376. The molecular formula is C31H30O3. The lowest BCUT2D eigenvalue weighted by Crippen LogP contribution is -2.01. The van der Waals surface area contributed by atoms with Crippen LogP contribution in [0.3, 0.4) is 0 Å². The summed E-state index contributed by atoms with van der Waals surface area (Å²) in [7, 11) is 0. The number of carbonyl (C=O) groups excluding carboxylic acids is 1. The van der Waals surface area contributed by atoms with Crippen LogP contribution in [0.15, 0.2) is 84.9 Å². The summed E-state index contributed by atoms with van der Waals surface area (Å²) in [6.45, 7) is 8.47. The van der Waals surface area contributed by atoms with E-state index in [0.29, 0.717) is 22.6 Å². The number of hydrogen-bond acceptors (Lipinski definition) is 3. The maximum Gasteiger partial charge on any atom is 0.193 e. The highest BCUT2D eigenvalue weighted by Gasteiger charge is 2.10. The minimum Gasteiger partial charge on any atom is -0.457 e. The molecule has 4 rings (SSSR count). The van der Waals surface area contributed by atoms with E-state index in [1.807, 2.05) is 48.5 Å². The van der Waals surface area contributed by atoms with Gasteiger partial charge in [-0.05, 0) is 122 Å². The zero-order valence-corrected chi connectivity index (χ0v) is 20.2. The van der Waals surface area contributed by atoms with Gasteiger partial charge in [0.2, 0.25) is 0 Å². The van der Waals surface area contributed by atoms with E-state index in [2.05, 4.69) is 39.8 Å². The molecule has 0 atom stereocenters. The van der Waals surface area contributed by atoms with E-state index in [4.69, 9.17) is 9.47 Å². The molecule has 0 aliphatic rings. The first-order chi connectivity index (χ1) is 16.5. The third-order valence-corrected chi connectivity index (χ3v) is 6.09. The van der Waals surface area contributed by atoms with Gasteiger partial charge < -0.3 is 9.47 Å². The Morgan fingerprint density at radius 2 is 0.912 bits per heavy atom. The van der Waals surface area contributed by atoms with Crippen LogP contribution in [0.2, 0.25) is 0 Å². The van der Waals surface area contributed by atoms with Crippen molar-refractivity contribution in [3.63, 3.8) is 0 Å². The predicted molar refractivity (Wildman–Crippen MR) is 138 cm³/mol. The molecular weight excluding hydrogens is 420 g/mol. The Hall–Kier alpha value is -3.85. The second-order valence-corrected chi connectivity index (χ2v) is 8.47. The Morgan fingerprint density at radius 3 is 1.24 bits per heavy atom. The molecule has 0 saturated heterocycles. The van der Waals surface area contributed by atoms with Gasteiger partial charge in [0.25, 0.3) is 0 Å². The molecule has 0 saturated carbocycles. The molecule has 0 unspecified atom stereocenters. The van der Waals surface area contributed by atoms with E-state index in [9.17, 15) is 4.79 Å². The highest BCUT2D eigenvalue weighted by atomic mass is 16.5. The zero-order valence-electron chi connectivity index (χ0n) is 20.2. The van der Waals surface area contributed by atoms with Crippen molar-refractivity contribution in [2.24, 2.45) is 0 Å². The van der Waals surface area contributed by atoms with E-state index in [1.54, 1.807) is 24.3 Å². The molecule has 3 nitrogen and oxygen atoms in total.